The number of hydrogen-bond acceptors (Lipinski definition) is 4. The van der Waals surface area contributed by atoms with Gasteiger partial charge in [-0.05, 0) is 104 Å². The number of rotatable bonds is 3. The van der Waals surface area contributed by atoms with Crippen LogP contribution >= 0.6 is 0 Å². The van der Waals surface area contributed by atoms with Gasteiger partial charge in [-0.2, -0.15) is 0 Å². The molecule has 13 rings (SSSR count). The van der Waals surface area contributed by atoms with E-state index in [4.69, 9.17) is 19.9 Å². The number of nitrogens with zero attached hydrogens (tertiary/aromatic N) is 10. The van der Waals surface area contributed by atoms with Crippen LogP contribution in [0.3, 0.4) is 0 Å². The molecular formula is C47H32N10. The lowest BCUT2D eigenvalue weighted by molar-refractivity contribution is 1.07. The summed E-state index contributed by atoms with van der Waals surface area (Å²) in [5, 5.41) is 0. The molecular weight excluding hydrogens is 705 g/mol. The zero-order valence-corrected chi connectivity index (χ0v) is 31.3. The molecule has 0 radical (unpaired) electrons. The Hall–Kier alpha value is -7.72. The van der Waals surface area contributed by atoms with E-state index in [0.29, 0.717) is 0 Å². The molecule has 0 saturated carbocycles. The van der Waals surface area contributed by atoms with Crippen LogP contribution in [0.4, 0.5) is 0 Å². The van der Waals surface area contributed by atoms with Crippen LogP contribution in [0.2, 0.25) is 0 Å². The van der Waals surface area contributed by atoms with Crippen LogP contribution in [-0.2, 0) is 0 Å². The lowest BCUT2D eigenvalue weighted by atomic mass is 10.1. The molecule has 7 aromatic heterocycles. The second-order valence-corrected chi connectivity index (χ2v) is 15.1. The molecule has 10 nitrogen and oxygen atoms in total. The first-order valence-electron chi connectivity index (χ1n) is 19.2. The summed E-state index contributed by atoms with van der Waals surface area (Å²) >= 11 is 0. The van der Waals surface area contributed by atoms with E-state index >= 15 is 0 Å². The third-order valence-corrected chi connectivity index (χ3v) is 11.8. The lowest BCUT2D eigenvalue weighted by Gasteiger charge is -2.09. The van der Waals surface area contributed by atoms with Crippen molar-refractivity contribution in [3.05, 3.63) is 156 Å². The zero-order valence-electron chi connectivity index (χ0n) is 31.3. The van der Waals surface area contributed by atoms with Crippen molar-refractivity contribution in [2.24, 2.45) is 0 Å². The minimum Gasteiger partial charge on any atom is -0.278 e. The molecule has 0 aliphatic rings. The highest BCUT2D eigenvalue weighted by Crippen LogP contribution is 2.36. The van der Waals surface area contributed by atoms with Gasteiger partial charge in [-0.15, -0.1) is 0 Å². The first-order chi connectivity index (χ1) is 28.0. The summed E-state index contributed by atoms with van der Waals surface area (Å²) in [7, 11) is 0. The zero-order chi connectivity index (χ0) is 37.7. The van der Waals surface area contributed by atoms with Crippen molar-refractivity contribution < 1.29 is 0 Å². The molecule has 0 fully saturated rings. The Kier molecular flexibility index (Phi) is 5.76. The second-order valence-electron chi connectivity index (χ2n) is 15.1. The van der Waals surface area contributed by atoms with Crippen LogP contribution in [0.1, 0.15) is 16.7 Å². The van der Waals surface area contributed by atoms with E-state index < -0.39 is 0 Å². The van der Waals surface area contributed by atoms with Crippen molar-refractivity contribution in [1.82, 2.24) is 46.8 Å². The quantitative estimate of drug-likeness (QED) is 0.181. The fourth-order valence-corrected chi connectivity index (χ4v) is 9.27. The predicted octanol–water partition coefficient (Wildman–Crippen LogP) is 10.2. The van der Waals surface area contributed by atoms with Gasteiger partial charge in [0.05, 0.1) is 83.9 Å². The topological polar surface area (TPSA) is 79.6 Å². The first kappa shape index (κ1) is 30.6. The van der Waals surface area contributed by atoms with Gasteiger partial charge in [-0.1, -0.05) is 66.7 Å². The maximum absolute atomic E-state index is 5.39. The molecule has 0 aliphatic heterocycles. The van der Waals surface area contributed by atoms with Gasteiger partial charge in [0.15, 0.2) is 5.65 Å². The molecule has 13 aromatic rings. The monoisotopic (exact) mass is 736 g/mol. The lowest BCUT2D eigenvalue weighted by Crippen LogP contribution is -1.99. The molecule has 0 N–H and O–H groups in total. The Morgan fingerprint density at radius 1 is 0.351 bits per heavy atom. The second kappa shape index (κ2) is 10.7. The molecule has 0 bridgehead atoms. The summed E-state index contributed by atoms with van der Waals surface area (Å²) in [5.41, 5.74) is 18.5. The van der Waals surface area contributed by atoms with Crippen molar-refractivity contribution in [1.29, 1.82) is 0 Å². The fourth-order valence-electron chi connectivity index (χ4n) is 9.27. The molecule has 57 heavy (non-hydrogen) atoms. The van der Waals surface area contributed by atoms with Crippen LogP contribution in [0, 0.1) is 20.8 Å². The minimum absolute atomic E-state index is 0.797. The minimum atomic E-state index is 0.797. The van der Waals surface area contributed by atoms with Crippen molar-refractivity contribution in [2.75, 3.05) is 0 Å². The number of hydrogen-bond donors (Lipinski definition) is 0. The summed E-state index contributed by atoms with van der Waals surface area (Å²) in [4.78, 5) is 21.2. The van der Waals surface area contributed by atoms with Crippen molar-refractivity contribution >= 4 is 83.7 Å². The molecule has 0 atom stereocenters. The normalized spacial score (nSPS) is 12.5. The van der Waals surface area contributed by atoms with Gasteiger partial charge in [0.25, 0.3) is 0 Å². The number of aryl methyl sites for hydroxylation is 3. The SMILES string of the molecule is Cc1cccc2c1nc1n(-c3cc(C)c4nc5n(-c6ccccc6)c6ncc(-n7c8ccccc8n8c9cccc(C)c9nc78)cc6n5c4c3)c3ccccc3n21. The summed E-state index contributed by atoms with van der Waals surface area (Å²) in [6.07, 6.45) is 1.96. The fraction of sp³-hybridized carbons (Fsp3) is 0.0638. The van der Waals surface area contributed by atoms with Gasteiger partial charge >= 0.3 is 0 Å². The number of fused-ring (bicyclic) bond motifs is 15. The molecule has 7 heterocycles. The molecule has 270 valence electrons. The Morgan fingerprint density at radius 2 is 0.825 bits per heavy atom. The van der Waals surface area contributed by atoms with E-state index in [1.807, 2.05) is 12.3 Å². The Balaban J connectivity index is 1.15. The molecule has 0 spiro atoms. The van der Waals surface area contributed by atoms with Gasteiger partial charge < -0.3 is 0 Å². The van der Waals surface area contributed by atoms with E-state index in [9.17, 15) is 0 Å². The molecule has 6 aromatic carbocycles. The van der Waals surface area contributed by atoms with Crippen molar-refractivity contribution in [3.63, 3.8) is 0 Å². The third kappa shape index (κ3) is 3.88. The molecule has 10 heteroatoms. The summed E-state index contributed by atoms with van der Waals surface area (Å²) in [6, 6.07) is 46.9. The van der Waals surface area contributed by atoms with Gasteiger partial charge in [0.2, 0.25) is 17.3 Å². The number of imidazole rings is 6. The van der Waals surface area contributed by atoms with Crippen molar-refractivity contribution in [2.45, 2.75) is 20.8 Å². The average Bonchev–Trinajstić information content (AvgIpc) is 4.06. The standard InChI is InChI=1S/C47H32N10/c1-27-13-11-21-37-41(27)49-45-52(33-17-7-9-19-35(33)55(37)45)31-23-29(3)43-39(24-31)57-40-25-32(26-48-44(40)54(47(57)51-43)30-15-5-4-6-16-30)53-34-18-8-10-20-36(34)56-38-22-12-14-28(2)42(38)50-46(53)56/h4-26H,1-3H3. The van der Waals surface area contributed by atoms with Crippen LogP contribution in [0.15, 0.2) is 140 Å². The highest BCUT2D eigenvalue weighted by Gasteiger charge is 2.25. The van der Waals surface area contributed by atoms with Crippen LogP contribution in [0.5, 0.6) is 0 Å². The molecule has 0 amide bonds. The van der Waals surface area contributed by atoms with E-state index in [1.54, 1.807) is 0 Å². The van der Waals surface area contributed by atoms with Crippen LogP contribution in [-0.4, -0.2) is 46.8 Å². The van der Waals surface area contributed by atoms with Crippen molar-refractivity contribution in [3.8, 4) is 17.1 Å². The van der Waals surface area contributed by atoms with Gasteiger partial charge in [0.1, 0.15) is 0 Å². The summed E-state index contributed by atoms with van der Waals surface area (Å²) < 4.78 is 13.5. The maximum atomic E-state index is 5.39. The third-order valence-electron chi connectivity index (χ3n) is 11.8. The summed E-state index contributed by atoms with van der Waals surface area (Å²) in [5.74, 6) is 2.52. The Bertz CT molecular complexity index is 3850. The van der Waals surface area contributed by atoms with Gasteiger partial charge in [-0.3, -0.25) is 26.9 Å². The predicted molar refractivity (Wildman–Crippen MR) is 228 cm³/mol. The van der Waals surface area contributed by atoms with Gasteiger partial charge in [-0.25, -0.2) is 19.9 Å². The summed E-state index contributed by atoms with van der Waals surface area (Å²) in [6.45, 7) is 6.40. The highest BCUT2D eigenvalue weighted by atomic mass is 15.3. The smallest absolute Gasteiger partial charge is 0.221 e. The van der Waals surface area contributed by atoms with Gasteiger partial charge in [0, 0.05) is 0 Å². The number of aromatic nitrogens is 10. The molecule has 0 saturated heterocycles. The largest absolute Gasteiger partial charge is 0.278 e. The average molecular weight is 737 g/mol. The first-order valence-corrected chi connectivity index (χ1v) is 19.2. The molecule has 0 aliphatic carbocycles. The van der Waals surface area contributed by atoms with Crippen LogP contribution in [0.25, 0.3) is 101 Å². The highest BCUT2D eigenvalue weighted by molar-refractivity contribution is 5.98. The van der Waals surface area contributed by atoms with E-state index in [0.717, 1.165) is 117 Å². The number of benzene rings is 6. The van der Waals surface area contributed by atoms with E-state index in [2.05, 4.69) is 175 Å². The van der Waals surface area contributed by atoms with E-state index in [-0.39, 0.29) is 0 Å². The van der Waals surface area contributed by atoms with E-state index in [1.165, 1.54) is 0 Å². The molecule has 0 unspecified atom stereocenters. The Labute approximate surface area is 323 Å². The Morgan fingerprint density at radius 3 is 1.44 bits per heavy atom. The van der Waals surface area contributed by atoms with Crippen LogP contribution < -0.4 is 0 Å². The number of pyridine rings is 1. The maximum Gasteiger partial charge on any atom is 0.221 e. The number of para-hydroxylation sites is 7.